The lowest BCUT2D eigenvalue weighted by molar-refractivity contribution is -0.133. The Hall–Kier alpha value is -4.59. The number of halogens is 3. The molecule has 11 nitrogen and oxygen atoms in total. The number of amides is 2. The van der Waals surface area contributed by atoms with Crippen LogP contribution >= 0.6 is 11.6 Å². The number of benzene rings is 2. The molecule has 3 aliphatic rings. The molecular weight excluding hydrogens is 594 g/mol. The number of nitrogens with zero attached hydrogens (tertiary/aromatic N) is 6. The van der Waals surface area contributed by atoms with Gasteiger partial charge in [0.2, 0.25) is 5.91 Å². The van der Waals surface area contributed by atoms with Gasteiger partial charge in [0.05, 0.1) is 11.3 Å². The van der Waals surface area contributed by atoms with E-state index in [-0.39, 0.29) is 46.7 Å². The monoisotopic (exact) mass is 622 g/mol. The summed E-state index contributed by atoms with van der Waals surface area (Å²) in [6.07, 6.45) is 6.53. The highest BCUT2D eigenvalue weighted by Gasteiger charge is 2.29. The number of anilines is 1. The highest BCUT2D eigenvalue weighted by molar-refractivity contribution is 6.31. The Bertz CT molecular complexity index is 1630. The Morgan fingerprint density at radius 1 is 1.09 bits per heavy atom. The number of piperazine rings is 1. The summed E-state index contributed by atoms with van der Waals surface area (Å²) in [5.41, 5.74) is 5.08. The van der Waals surface area contributed by atoms with Gasteiger partial charge in [0.25, 0.3) is 5.91 Å². The molecule has 2 amide bonds. The molecule has 0 bridgehead atoms. The first-order chi connectivity index (χ1) is 21.3. The fourth-order valence-electron chi connectivity index (χ4n) is 5.26. The van der Waals surface area contributed by atoms with Gasteiger partial charge in [0.1, 0.15) is 18.0 Å². The molecule has 44 heavy (non-hydrogen) atoms. The predicted molar refractivity (Wildman–Crippen MR) is 161 cm³/mol. The van der Waals surface area contributed by atoms with Crippen molar-refractivity contribution >= 4 is 35.3 Å². The Labute approximate surface area is 257 Å². The van der Waals surface area contributed by atoms with Crippen LogP contribution in [0.5, 0.6) is 5.75 Å². The summed E-state index contributed by atoms with van der Waals surface area (Å²) in [5, 5.41) is 9.24. The molecule has 1 fully saturated rings. The van der Waals surface area contributed by atoms with E-state index in [0.717, 1.165) is 19.6 Å². The molecule has 1 aromatic heterocycles. The number of alkyl halides is 2. The first-order valence-electron chi connectivity index (χ1n) is 14.0. The zero-order valence-corrected chi connectivity index (χ0v) is 24.3. The van der Waals surface area contributed by atoms with E-state index in [1.165, 1.54) is 34.6 Å². The zero-order valence-electron chi connectivity index (χ0n) is 23.5. The van der Waals surface area contributed by atoms with Crippen LogP contribution < -0.4 is 15.5 Å². The van der Waals surface area contributed by atoms with Crippen molar-refractivity contribution in [1.82, 2.24) is 30.0 Å². The molecule has 3 aliphatic heterocycles. The standard InChI is InChI=1S/C30H29ClF2N8O3/c31-21-7-8-25(44-30(32)33)22(15-21)27-24(36-29(43)23-16-35-41-10-4-9-34-28(23)41)18-40(37-27)19-26(42)39-13-11-38(12-14-39)17-20-5-2-1-3-6-20/h1-10,15,18,30,35H,11-14,16-17,19H2,(H,36,43). The molecule has 0 aliphatic carbocycles. The highest BCUT2D eigenvalue weighted by Crippen LogP contribution is 2.37. The van der Waals surface area contributed by atoms with E-state index in [9.17, 15) is 18.4 Å². The van der Waals surface area contributed by atoms with Crippen LogP contribution in [0.2, 0.25) is 5.02 Å². The van der Waals surface area contributed by atoms with Crippen molar-refractivity contribution in [2.75, 3.05) is 38.0 Å². The van der Waals surface area contributed by atoms with Gasteiger partial charge in [-0.15, -0.1) is 0 Å². The number of nitrogens with one attached hydrogen (secondary N) is 2. The number of carbonyl (C=O) groups is 2. The molecule has 0 saturated carbocycles. The van der Waals surface area contributed by atoms with Gasteiger partial charge < -0.3 is 15.0 Å². The van der Waals surface area contributed by atoms with Gasteiger partial charge in [-0.3, -0.25) is 24.2 Å². The fraction of sp³-hybridized carbons (Fsp3) is 0.267. The van der Waals surface area contributed by atoms with Gasteiger partial charge in [0.15, 0.2) is 5.82 Å². The summed E-state index contributed by atoms with van der Waals surface area (Å²) in [6.45, 7) is 0.371. The zero-order chi connectivity index (χ0) is 30.6. The molecule has 6 rings (SSSR count). The van der Waals surface area contributed by atoms with Crippen LogP contribution in [-0.2, 0) is 22.7 Å². The Kier molecular flexibility index (Phi) is 8.68. The second-order valence-corrected chi connectivity index (χ2v) is 10.8. The lowest BCUT2D eigenvalue weighted by atomic mass is 10.1. The smallest absolute Gasteiger partial charge is 0.387 e. The maximum atomic E-state index is 13.4. The molecule has 0 atom stereocenters. The number of aromatic nitrogens is 2. The van der Waals surface area contributed by atoms with E-state index in [1.807, 2.05) is 18.2 Å². The molecular formula is C30H29ClF2N8O3. The first kappa shape index (κ1) is 29.5. The predicted octanol–water partition coefficient (Wildman–Crippen LogP) is 3.72. The largest absolute Gasteiger partial charge is 0.434 e. The summed E-state index contributed by atoms with van der Waals surface area (Å²) in [6, 6.07) is 14.3. The van der Waals surface area contributed by atoms with Crippen LogP contribution in [0.25, 0.3) is 11.3 Å². The number of hydrogen-bond donors (Lipinski definition) is 2. The van der Waals surface area contributed by atoms with Crippen molar-refractivity contribution in [2.24, 2.45) is 4.99 Å². The van der Waals surface area contributed by atoms with Crippen molar-refractivity contribution in [1.29, 1.82) is 0 Å². The second kappa shape index (κ2) is 13.0. The Balaban J connectivity index is 1.22. The lowest BCUT2D eigenvalue weighted by Crippen LogP contribution is -2.49. The molecule has 1 saturated heterocycles. The molecule has 4 heterocycles. The van der Waals surface area contributed by atoms with Crippen molar-refractivity contribution < 1.29 is 23.1 Å². The minimum absolute atomic E-state index is 0.120. The molecule has 3 aromatic rings. The molecule has 0 unspecified atom stereocenters. The van der Waals surface area contributed by atoms with Crippen molar-refractivity contribution in [3.05, 3.63) is 89.0 Å². The number of hydrogen-bond acceptors (Lipinski definition) is 8. The Morgan fingerprint density at radius 2 is 1.89 bits per heavy atom. The average Bonchev–Trinajstić information content (AvgIpc) is 3.63. The minimum Gasteiger partial charge on any atom is -0.434 e. The van der Waals surface area contributed by atoms with Gasteiger partial charge in [-0.05, 0) is 29.8 Å². The van der Waals surface area contributed by atoms with E-state index in [0.29, 0.717) is 24.5 Å². The maximum Gasteiger partial charge on any atom is 0.387 e. The summed E-state index contributed by atoms with van der Waals surface area (Å²) in [4.78, 5) is 35.1. The van der Waals surface area contributed by atoms with Gasteiger partial charge in [0, 0.05) is 68.5 Å². The summed E-state index contributed by atoms with van der Waals surface area (Å²) >= 11 is 6.22. The minimum atomic E-state index is -3.10. The number of carbonyl (C=O) groups excluding carboxylic acids is 2. The number of fused-ring (bicyclic) bond motifs is 1. The first-order valence-corrected chi connectivity index (χ1v) is 14.4. The Morgan fingerprint density at radius 3 is 2.66 bits per heavy atom. The molecule has 228 valence electrons. The van der Waals surface area contributed by atoms with Gasteiger partial charge >= 0.3 is 6.61 Å². The topological polar surface area (TPSA) is 107 Å². The van der Waals surface area contributed by atoms with E-state index in [1.54, 1.807) is 28.4 Å². The third kappa shape index (κ3) is 6.64. The number of ether oxygens (including phenoxy) is 1. The van der Waals surface area contributed by atoms with Gasteiger partial charge in [-0.25, -0.2) is 10.4 Å². The van der Waals surface area contributed by atoms with Crippen LogP contribution in [0, 0.1) is 0 Å². The number of aliphatic imine (C=N–C) groups is 1. The summed E-state index contributed by atoms with van der Waals surface area (Å²) < 4.78 is 32.7. The average molecular weight is 623 g/mol. The molecule has 0 radical (unpaired) electrons. The molecule has 2 N–H and O–H groups in total. The van der Waals surface area contributed by atoms with E-state index in [2.05, 4.69) is 37.9 Å². The lowest BCUT2D eigenvalue weighted by Gasteiger charge is -2.34. The molecule has 2 aromatic carbocycles. The van der Waals surface area contributed by atoms with Crippen LogP contribution in [-0.4, -0.2) is 82.0 Å². The number of rotatable bonds is 9. The normalized spacial score (nSPS) is 16.5. The maximum absolute atomic E-state index is 13.4. The molecule has 0 spiro atoms. The SMILES string of the molecule is O=C(Nc1cn(CC(=O)N2CCN(Cc3ccccc3)CC2)nc1-c1cc(Cl)ccc1OC(F)F)C1=C2N=CC=CN2NC1. The van der Waals surface area contributed by atoms with Crippen LogP contribution in [0.3, 0.4) is 0 Å². The fourth-order valence-corrected chi connectivity index (χ4v) is 5.43. The van der Waals surface area contributed by atoms with E-state index in [4.69, 9.17) is 16.3 Å². The van der Waals surface area contributed by atoms with Crippen molar-refractivity contribution in [3.8, 4) is 17.0 Å². The van der Waals surface area contributed by atoms with Crippen molar-refractivity contribution in [2.45, 2.75) is 19.7 Å². The third-order valence-electron chi connectivity index (χ3n) is 7.41. The number of allylic oxidation sites excluding steroid dienone is 1. The summed E-state index contributed by atoms with van der Waals surface area (Å²) in [5.74, 6) is -0.369. The van der Waals surface area contributed by atoms with E-state index < -0.39 is 12.5 Å². The van der Waals surface area contributed by atoms with Gasteiger partial charge in [-0.1, -0.05) is 41.9 Å². The quantitative estimate of drug-likeness (QED) is 0.375. The highest BCUT2D eigenvalue weighted by atomic mass is 35.5. The van der Waals surface area contributed by atoms with E-state index >= 15 is 0 Å². The number of hydrazine groups is 1. The van der Waals surface area contributed by atoms with Crippen molar-refractivity contribution in [3.63, 3.8) is 0 Å². The van der Waals surface area contributed by atoms with Crippen LogP contribution in [0.4, 0.5) is 14.5 Å². The second-order valence-electron chi connectivity index (χ2n) is 10.3. The molecule has 14 heteroatoms. The van der Waals surface area contributed by atoms with Crippen LogP contribution in [0.15, 0.2) is 83.4 Å². The summed E-state index contributed by atoms with van der Waals surface area (Å²) in [7, 11) is 0. The third-order valence-corrected chi connectivity index (χ3v) is 7.65. The van der Waals surface area contributed by atoms with Gasteiger partial charge in [-0.2, -0.15) is 13.9 Å². The van der Waals surface area contributed by atoms with Crippen LogP contribution in [0.1, 0.15) is 5.56 Å².